The van der Waals surface area contributed by atoms with E-state index in [2.05, 4.69) is 10.0 Å². The molecule has 0 unspecified atom stereocenters. The van der Waals surface area contributed by atoms with E-state index in [0.717, 1.165) is 18.4 Å². The van der Waals surface area contributed by atoms with E-state index in [1.165, 1.54) is 11.0 Å². The molecule has 2 aliphatic heterocycles. The van der Waals surface area contributed by atoms with Crippen LogP contribution in [0.2, 0.25) is 0 Å². The fourth-order valence-corrected chi connectivity index (χ4v) is 3.15. The minimum atomic E-state index is -0.584. The number of piperidine rings is 1. The van der Waals surface area contributed by atoms with Crippen molar-refractivity contribution < 1.29 is 13.9 Å². The predicted octanol–water partition coefficient (Wildman–Crippen LogP) is 3.51. The number of benzene rings is 1. The Labute approximate surface area is 149 Å². The molecule has 0 saturated carbocycles. The zero-order valence-electron chi connectivity index (χ0n) is 14.0. The van der Waals surface area contributed by atoms with Crippen molar-refractivity contribution in [2.45, 2.75) is 18.9 Å². The largest absolute Gasteiger partial charge is 0.444 e. The van der Waals surface area contributed by atoms with Gasteiger partial charge < -0.3 is 9.64 Å². The summed E-state index contributed by atoms with van der Waals surface area (Å²) in [5, 5.41) is 12.1. The van der Waals surface area contributed by atoms with Crippen molar-refractivity contribution in [3.63, 3.8) is 0 Å². The van der Waals surface area contributed by atoms with Crippen molar-refractivity contribution in [2.75, 3.05) is 36.0 Å². The molecule has 0 bridgehead atoms. The highest BCUT2D eigenvalue weighted by Gasteiger charge is 2.32. The van der Waals surface area contributed by atoms with E-state index >= 15 is 0 Å². The van der Waals surface area contributed by atoms with Gasteiger partial charge in [0.2, 0.25) is 0 Å². The molecule has 1 aromatic carbocycles. The fourth-order valence-electron chi connectivity index (χ4n) is 3.15. The van der Waals surface area contributed by atoms with Gasteiger partial charge in [-0.3, -0.25) is 4.90 Å². The quantitative estimate of drug-likeness (QED) is 0.356. The third-order valence-corrected chi connectivity index (χ3v) is 4.48. The van der Waals surface area contributed by atoms with Crippen molar-refractivity contribution >= 4 is 17.5 Å². The van der Waals surface area contributed by atoms with Crippen LogP contribution in [0.3, 0.4) is 0 Å². The Balaban J connectivity index is 1.70. The number of hydrogen-bond donors (Lipinski definition) is 0. The summed E-state index contributed by atoms with van der Waals surface area (Å²) in [6.45, 7) is 1.54. The van der Waals surface area contributed by atoms with E-state index < -0.39 is 18.0 Å². The number of nitrogens with zero attached hydrogens (tertiary/aromatic N) is 6. The molecule has 1 atom stereocenters. The highest BCUT2D eigenvalue weighted by atomic mass is 19.1. The van der Waals surface area contributed by atoms with E-state index in [-0.39, 0.29) is 13.1 Å². The molecule has 1 amide bonds. The van der Waals surface area contributed by atoms with Crippen LogP contribution in [0.1, 0.15) is 12.8 Å². The van der Waals surface area contributed by atoms with Gasteiger partial charge in [-0.1, -0.05) is 10.7 Å². The number of carbonyl (C=O) groups excluding carboxylic acids is 1. The lowest BCUT2D eigenvalue weighted by atomic mass is 10.0. The van der Waals surface area contributed by atoms with E-state index in [4.69, 9.17) is 15.5 Å². The molecule has 9 heteroatoms. The molecule has 0 N–H and O–H groups in total. The second-order valence-corrected chi connectivity index (χ2v) is 6.08. The summed E-state index contributed by atoms with van der Waals surface area (Å²) < 4.78 is 19.7. The maximum absolute atomic E-state index is 14.6. The Hall–Kier alpha value is -3.24. The second kappa shape index (κ2) is 7.76. The number of ether oxygens (including phenoxy) is 1. The molecular weight excluding hydrogens is 339 g/mol. The van der Waals surface area contributed by atoms with Crippen LogP contribution in [0.5, 0.6) is 0 Å². The van der Waals surface area contributed by atoms with Gasteiger partial charge in [0, 0.05) is 24.1 Å². The number of azide groups is 1. The summed E-state index contributed by atoms with van der Waals surface area (Å²) in [4.78, 5) is 17.9. The molecule has 26 heavy (non-hydrogen) atoms. The summed E-state index contributed by atoms with van der Waals surface area (Å²) in [6, 6.07) is 6.67. The average Bonchev–Trinajstić information content (AvgIpc) is 3.02. The van der Waals surface area contributed by atoms with Crippen LogP contribution in [0.4, 0.5) is 20.6 Å². The Morgan fingerprint density at radius 3 is 2.88 bits per heavy atom. The number of rotatable bonds is 4. The zero-order valence-corrected chi connectivity index (χ0v) is 14.0. The highest BCUT2D eigenvalue weighted by Crippen LogP contribution is 2.30. The minimum Gasteiger partial charge on any atom is -0.444 e. The van der Waals surface area contributed by atoms with Crippen LogP contribution in [-0.4, -0.2) is 38.4 Å². The maximum atomic E-state index is 14.6. The Bertz CT molecular complexity index is 817. The van der Waals surface area contributed by atoms with Crippen molar-refractivity contribution in [2.24, 2.45) is 5.11 Å². The minimum absolute atomic E-state index is 0.0473. The number of cyclic esters (lactones) is 1. The molecule has 2 fully saturated rings. The van der Waals surface area contributed by atoms with Gasteiger partial charge in [0.05, 0.1) is 30.5 Å². The summed E-state index contributed by atoms with van der Waals surface area (Å²) in [5.41, 5.74) is 10.3. The van der Waals surface area contributed by atoms with Crippen LogP contribution < -0.4 is 9.80 Å². The first-order valence-corrected chi connectivity index (χ1v) is 8.23. The molecule has 2 aliphatic rings. The lowest BCUT2D eigenvalue weighted by Crippen LogP contribution is -2.31. The van der Waals surface area contributed by atoms with Crippen molar-refractivity contribution in [3.05, 3.63) is 46.1 Å². The number of allylic oxidation sites excluding steroid dienone is 1. The Kier molecular flexibility index (Phi) is 5.25. The number of anilines is 2. The van der Waals surface area contributed by atoms with Crippen molar-refractivity contribution in [1.29, 1.82) is 5.26 Å². The zero-order chi connectivity index (χ0) is 18.5. The first kappa shape index (κ1) is 17.6. The normalized spacial score (nSPS) is 19.6. The molecule has 0 aromatic heterocycles. The topological polar surface area (TPSA) is 105 Å². The third-order valence-electron chi connectivity index (χ3n) is 4.48. The second-order valence-electron chi connectivity index (χ2n) is 6.08. The lowest BCUT2D eigenvalue weighted by molar-refractivity contribution is 0.145. The average molecular weight is 356 g/mol. The molecular formula is C17H17FN6O2. The number of amides is 1. The maximum Gasteiger partial charge on any atom is 0.414 e. The number of carbonyl (C=O) groups is 1. The van der Waals surface area contributed by atoms with Crippen LogP contribution in [0, 0.1) is 17.1 Å². The van der Waals surface area contributed by atoms with E-state index in [1.54, 1.807) is 18.2 Å². The van der Waals surface area contributed by atoms with Gasteiger partial charge in [0.25, 0.3) is 0 Å². The molecule has 134 valence electrons. The van der Waals surface area contributed by atoms with Gasteiger partial charge >= 0.3 is 6.09 Å². The van der Waals surface area contributed by atoms with Crippen LogP contribution in [0.25, 0.3) is 10.4 Å². The van der Waals surface area contributed by atoms with Gasteiger partial charge in [-0.2, -0.15) is 5.26 Å². The molecule has 1 aromatic rings. The van der Waals surface area contributed by atoms with E-state index in [9.17, 15) is 9.18 Å². The van der Waals surface area contributed by atoms with Gasteiger partial charge in [0.1, 0.15) is 11.9 Å². The fraction of sp³-hybridized carbons (Fsp3) is 0.412. The van der Waals surface area contributed by atoms with Gasteiger partial charge in [-0.25, -0.2) is 9.18 Å². The molecule has 8 nitrogen and oxygen atoms in total. The number of nitriles is 1. The van der Waals surface area contributed by atoms with Crippen LogP contribution in [0.15, 0.2) is 35.0 Å². The molecule has 3 rings (SSSR count). The third kappa shape index (κ3) is 3.71. The van der Waals surface area contributed by atoms with Gasteiger partial charge in [-0.15, -0.1) is 0 Å². The Morgan fingerprint density at radius 1 is 1.46 bits per heavy atom. The van der Waals surface area contributed by atoms with Crippen molar-refractivity contribution in [3.8, 4) is 6.07 Å². The lowest BCUT2D eigenvalue weighted by Gasteiger charge is -2.30. The standard InChI is InChI=1S/C17H17FN6O2/c18-15-9-13(24-11-14(10-21-22-20)26-17(24)25)1-2-16(15)23-7-4-12(3-6-19)5-8-23/h1-3,9,14H,4-5,7-8,10-11H2/t14-/m0/s1. The van der Waals surface area contributed by atoms with Gasteiger partial charge in [0.15, 0.2) is 0 Å². The molecule has 2 heterocycles. The Morgan fingerprint density at radius 2 is 2.23 bits per heavy atom. The predicted molar refractivity (Wildman–Crippen MR) is 93.2 cm³/mol. The molecule has 0 radical (unpaired) electrons. The van der Waals surface area contributed by atoms with E-state index in [0.29, 0.717) is 24.5 Å². The first-order valence-electron chi connectivity index (χ1n) is 8.23. The summed E-state index contributed by atoms with van der Waals surface area (Å²) in [7, 11) is 0. The van der Waals surface area contributed by atoms with Crippen LogP contribution >= 0.6 is 0 Å². The van der Waals surface area contributed by atoms with Crippen molar-refractivity contribution in [1.82, 2.24) is 0 Å². The van der Waals surface area contributed by atoms with Crippen LogP contribution in [-0.2, 0) is 4.74 Å². The SMILES string of the molecule is N#CC=C1CCN(c2ccc(N3C[C@H](CN=[N+]=[N-])OC3=O)cc2F)CC1. The molecule has 0 spiro atoms. The highest BCUT2D eigenvalue weighted by molar-refractivity contribution is 5.90. The molecule has 2 saturated heterocycles. The number of halogens is 1. The summed E-state index contributed by atoms with van der Waals surface area (Å²) in [5.74, 6) is -0.415. The summed E-state index contributed by atoms with van der Waals surface area (Å²) >= 11 is 0. The number of hydrogen-bond acceptors (Lipinski definition) is 5. The van der Waals surface area contributed by atoms with Gasteiger partial charge in [-0.05, 0) is 36.6 Å². The summed E-state index contributed by atoms with van der Waals surface area (Å²) in [6.07, 6.45) is 1.90. The smallest absolute Gasteiger partial charge is 0.414 e. The molecule has 0 aliphatic carbocycles. The van der Waals surface area contributed by atoms with E-state index in [1.807, 2.05) is 11.0 Å². The first-order chi connectivity index (χ1) is 12.6. The monoisotopic (exact) mass is 356 g/mol.